The fourth-order valence-corrected chi connectivity index (χ4v) is 3.42. The van der Waals surface area contributed by atoms with Crippen LogP contribution in [-0.4, -0.2) is 25.4 Å². The van der Waals surface area contributed by atoms with E-state index in [1.165, 1.54) is 51.4 Å². The fourth-order valence-electron chi connectivity index (χ4n) is 3.42. The Bertz CT molecular complexity index is 225. The topological polar surface area (TPSA) is 18.5 Å². The van der Waals surface area contributed by atoms with Crippen LogP contribution in [0.2, 0.25) is 0 Å². The van der Waals surface area contributed by atoms with Gasteiger partial charge in [-0.1, -0.05) is 26.7 Å². The van der Waals surface area contributed by atoms with Crippen LogP contribution in [0.5, 0.6) is 0 Å². The molecule has 0 spiro atoms. The molecule has 0 amide bonds. The molecule has 0 bridgehead atoms. The zero-order valence-electron chi connectivity index (χ0n) is 12.9. The molecule has 0 unspecified atom stereocenters. The highest BCUT2D eigenvalue weighted by Gasteiger charge is 2.24. The van der Waals surface area contributed by atoms with Crippen molar-refractivity contribution in [2.75, 3.05) is 13.2 Å². The Balaban J connectivity index is 1.55. The van der Waals surface area contributed by atoms with Gasteiger partial charge in [0.15, 0.2) is 0 Å². The maximum Gasteiger partial charge on any atom is 0.0577 e. The monoisotopic (exact) mass is 268 g/mol. The molecule has 2 saturated carbocycles. The first-order valence-electron chi connectivity index (χ1n) is 8.51. The summed E-state index contributed by atoms with van der Waals surface area (Å²) in [6, 6.07) is 0. The number of hydrogen-bond donors (Lipinski definition) is 0. The van der Waals surface area contributed by atoms with E-state index in [1.807, 2.05) is 0 Å². The minimum atomic E-state index is 0.510. The molecule has 2 aliphatic carbocycles. The molecule has 0 aliphatic heterocycles. The van der Waals surface area contributed by atoms with Gasteiger partial charge in [-0.3, -0.25) is 0 Å². The first kappa shape index (κ1) is 15.3. The highest BCUT2D eigenvalue weighted by molar-refractivity contribution is 4.75. The van der Waals surface area contributed by atoms with Crippen molar-refractivity contribution in [1.82, 2.24) is 0 Å². The Morgan fingerprint density at radius 3 is 1.95 bits per heavy atom. The Morgan fingerprint density at radius 1 is 0.789 bits per heavy atom. The molecular formula is C17H32O2. The average Bonchev–Trinajstić information content (AvgIpc) is 2.46. The third kappa shape index (κ3) is 5.43. The van der Waals surface area contributed by atoms with Crippen molar-refractivity contribution in [3.63, 3.8) is 0 Å². The van der Waals surface area contributed by atoms with E-state index in [1.54, 1.807) is 0 Å². The first-order valence-corrected chi connectivity index (χ1v) is 8.51. The van der Waals surface area contributed by atoms with Crippen LogP contribution < -0.4 is 0 Å². The largest absolute Gasteiger partial charge is 0.378 e. The van der Waals surface area contributed by atoms with E-state index in [-0.39, 0.29) is 0 Å². The van der Waals surface area contributed by atoms with Crippen molar-refractivity contribution in [2.24, 2.45) is 11.8 Å². The van der Waals surface area contributed by atoms with E-state index in [0.717, 1.165) is 31.5 Å². The lowest BCUT2D eigenvalue weighted by molar-refractivity contribution is -0.0433. The highest BCUT2D eigenvalue weighted by atomic mass is 16.5. The summed E-state index contributed by atoms with van der Waals surface area (Å²) in [5, 5.41) is 0. The SMILES string of the molecule is CCCOC1CCC(OCC2CCC(C)CC2)CC1. The molecule has 2 nitrogen and oxygen atoms in total. The third-order valence-corrected chi connectivity index (χ3v) is 4.88. The quantitative estimate of drug-likeness (QED) is 0.702. The van der Waals surface area contributed by atoms with Crippen LogP contribution in [0.15, 0.2) is 0 Å². The summed E-state index contributed by atoms with van der Waals surface area (Å²) in [5.74, 6) is 1.78. The van der Waals surface area contributed by atoms with Crippen LogP contribution >= 0.6 is 0 Å². The van der Waals surface area contributed by atoms with Crippen molar-refractivity contribution in [3.05, 3.63) is 0 Å². The minimum absolute atomic E-state index is 0.510. The maximum atomic E-state index is 6.15. The predicted molar refractivity (Wildman–Crippen MR) is 79.4 cm³/mol. The molecule has 19 heavy (non-hydrogen) atoms. The van der Waals surface area contributed by atoms with Crippen LogP contribution in [0.1, 0.15) is 71.6 Å². The third-order valence-electron chi connectivity index (χ3n) is 4.88. The molecule has 0 radical (unpaired) electrons. The van der Waals surface area contributed by atoms with Gasteiger partial charge in [0.1, 0.15) is 0 Å². The van der Waals surface area contributed by atoms with E-state index < -0.39 is 0 Å². The van der Waals surface area contributed by atoms with Crippen LogP contribution in [-0.2, 0) is 9.47 Å². The summed E-state index contributed by atoms with van der Waals surface area (Å²) in [4.78, 5) is 0. The van der Waals surface area contributed by atoms with Crippen LogP contribution in [0.4, 0.5) is 0 Å². The van der Waals surface area contributed by atoms with Gasteiger partial charge in [0.25, 0.3) is 0 Å². The van der Waals surface area contributed by atoms with Crippen LogP contribution in [0.25, 0.3) is 0 Å². The van der Waals surface area contributed by atoms with Gasteiger partial charge in [-0.15, -0.1) is 0 Å². The van der Waals surface area contributed by atoms with Crippen LogP contribution in [0.3, 0.4) is 0 Å². The zero-order valence-corrected chi connectivity index (χ0v) is 12.9. The molecule has 2 aliphatic rings. The minimum Gasteiger partial charge on any atom is -0.378 e. The second kappa shape index (κ2) is 8.26. The second-order valence-corrected chi connectivity index (χ2v) is 6.73. The van der Waals surface area contributed by atoms with E-state index in [9.17, 15) is 0 Å². The molecule has 0 saturated heterocycles. The molecule has 0 aromatic heterocycles. The maximum absolute atomic E-state index is 6.15. The van der Waals surface area contributed by atoms with Gasteiger partial charge in [-0.2, -0.15) is 0 Å². The molecule has 2 fully saturated rings. The highest BCUT2D eigenvalue weighted by Crippen LogP contribution is 2.30. The molecule has 2 rings (SSSR count). The summed E-state index contributed by atoms with van der Waals surface area (Å²) < 4.78 is 12.0. The van der Waals surface area contributed by atoms with Crippen molar-refractivity contribution in [1.29, 1.82) is 0 Å². The first-order chi connectivity index (χ1) is 9.28. The van der Waals surface area contributed by atoms with E-state index in [0.29, 0.717) is 12.2 Å². The van der Waals surface area contributed by atoms with Gasteiger partial charge in [-0.05, 0) is 56.8 Å². The molecule has 0 aromatic rings. The number of ether oxygens (including phenoxy) is 2. The van der Waals surface area contributed by atoms with Gasteiger partial charge in [0.2, 0.25) is 0 Å². The van der Waals surface area contributed by atoms with Gasteiger partial charge in [-0.25, -0.2) is 0 Å². The standard InChI is InChI=1S/C17H32O2/c1-3-12-18-16-8-10-17(11-9-16)19-13-15-6-4-14(2)5-7-15/h14-17H,3-13H2,1-2H3. The van der Waals surface area contributed by atoms with Gasteiger partial charge in [0.05, 0.1) is 12.2 Å². The summed E-state index contributed by atoms with van der Waals surface area (Å²) in [7, 11) is 0. The summed E-state index contributed by atoms with van der Waals surface area (Å²) in [6.07, 6.45) is 12.6. The van der Waals surface area contributed by atoms with E-state index in [4.69, 9.17) is 9.47 Å². The number of rotatable bonds is 6. The molecule has 0 aromatic carbocycles. The van der Waals surface area contributed by atoms with Gasteiger partial charge >= 0.3 is 0 Å². The number of hydrogen-bond acceptors (Lipinski definition) is 2. The van der Waals surface area contributed by atoms with Crippen molar-refractivity contribution in [2.45, 2.75) is 83.8 Å². The lowest BCUT2D eigenvalue weighted by Gasteiger charge is -2.31. The molecule has 0 heterocycles. The second-order valence-electron chi connectivity index (χ2n) is 6.73. The van der Waals surface area contributed by atoms with Crippen molar-refractivity contribution < 1.29 is 9.47 Å². The van der Waals surface area contributed by atoms with Crippen molar-refractivity contribution in [3.8, 4) is 0 Å². The Morgan fingerprint density at radius 2 is 1.37 bits per heavy atom. The van der Waals surface area contributed by atoms with Gasteiger partial charge < -0.3 is 9.47 Å². The average molecular weight is 268 g/mol. The molecule has 0 atom stereocenters. The molecule has 112 valence electrons. The molecule has 0 N–H and O–H groups in total. The predicted octanol–water partition coefficient (Wildman–Crippen LogP) is 4.57. The normalized spacial score (nSPS) is 36.3. The summed E-state index contributed by atoms with van der Waals surface area (Å²) in [5.41, 5.74) is 0. The Labute approximate surface area is 119 Å². The lowest BCUT2D eigenvalue weighted by Crippen LogP contribution is -2.28. The summed E-state index contributed by atoms with van der Waals surface area (Å²) >= 11 is 0. The fraction of sp³-hybridized carbons (Fsp3) is 1.00. The molecular weight excluding hydrogens is 236 g/mol. The Hall–Kier alpha value is -0.0800. The lowest BCUT2D eigenvalue weighted by atomic mass is 9.83. The van der Waals surface area contributed by atoms with Crippen LogP contribution in [0, 0.1) is 11.8 Å². The van der Waals surface area contributed by atoms with E-state index in [2.05, 4.69) is 13.8 Å². The summed E-state index contributed by atoms with van der Waals surface area (Å²) in [6.45, 7) is 6.50. The smallest absolute Gasteiger partial charge is 0.0577 e. The zero-order chi connectivity index (χ0) is 13.5. The molecule has 2 heteroatoms. The Kier molecular flexibility index (Phi) is 6.66. The van der Waals surface area contributed by atoms with Crippen molar-refractivity contribution >= 4 is 0 Å². The van der Waals surface area contributed by atoms with Gasteiger partial charge in [0, 0.05) is 13.2 Å². The van der Waals surface area contributed by atoms with E-state index >= 15 is 0 Å².